The summed E-state index contributed by atoms with van der Waals surface area (Å²) in [6.07, 6.45) is 4.47. The normalized spacial score (nSPS) is 18.3. The molecular formula is C24H29N5O3. The van der Waals surface area contributed by atoms with Crippen LogP contribution >= 0.6 is 0 Å². The van der Waals surface area contributed by atoms with Gasteiger partial charge in [-0.15, -0.1) is 0 Å². The van der Waals surface area contributed by atoms with Gasteiger partial charge < -0.3 is 20.1 Å². The molecule has 0 bridgehead atoms. The Labute approximate surface area is 186 Å². The number of anilines is 1. The summed E-state index contributed by atoms with van der Waals surface area (Å²) in [5.41, 5.74) is 3.72. The fourth-order valence-corrected chi connectivity index (χ4v) is 4.27. The van der Waals surface area contributed by atoms with Gasteiger partial charge in [-0.05, 0) is 43.7 Å². The number of amides is 3. The van der Waals surface area contributed by atoms with E-state index in [2.05, 4.69) is 26.1 Å². The minimum absolute atomic E-state index is 0.000524. The number of H-pyrrole nitrogens is 1. The number of hydrogen-bond acceptors (Lipinski definition) is 4. The summed E-state index contributed by atoms with van der Waals surface area (Å²) in [4.78, 5) is 28.7. The third-order valence-corrected chi connectivity index (χ3v) is 6.21. The van der Waals surface area contributed by atoms with E-state index < -0.39 is 0 Å². The molecule has 0 saturated heterocycles. The molecule has 1 saturated carbocycles. The number of nitrogens with one attached hydrogen (secondary N) is 4. The molecule has 1 atom stereocenters. The molecule has 1 aromatic carbocycles. The Balaban J connectivity index is 1.28. The van der Waals surface area contributed by atoms with Gasteiger partial charge in [-0.1, -0.05) is 38.1 Å². The minimum atomic E-state index is -0.295. The summed E-state index contributed by atoms with van der Waals surface area (Å²) in [6, 6.07) is 7.63. The fraction of sp³-hybridized carbons (Fsp3) is 0.458. The Morgan fingerprint density at radius 2 is 1.94 bits per heavy atom. The van der Waals surface area contributed by atoms with Gasteiger partial charge in [0.25, 0.3) is 5.91 Å². The number of rotatable bonds is 4. The molecule has 0 aliphatic heterocycles. The Bertz CT molecular complexity index is 1180. The highest BCUT2D eigenvalue weighted by Gasteiger charge is 2.28. The molecule has 2 aliphatic carbocycles. The van der Waals surface area contributed by atoms with E-state index in [1.54, 1.807) is 6.07 Å². The third kappa shape index (κ3) is 4.09. The predicted octanol–water partition coefficient (Wildman–Crippen LogP) is 4.02. The molecule has 2 aromatic heterocycles. The van der Waals surface area contributed by atoms with Crippen LogP contribution < -0.4 is 16.0 Å². The van der Waals surface area contributed by atoms with Crippen LogP contribution in [0.1, 0.15) is 67.4 Å². The van der Waals surface area contributed by atoms with Crippen molar-refractivity contribution in [2.75, 3.05) is 5.32 Å². The highest BCUT2D eigenvalue weighted by molar-refractivity contribution is 6.07. The number of benzene rings is 1. The minimum Gasteiger partial charge on any atom is -0.359 e. The largest absolute Gasteiger partial charge is 0.359 e. The molecular weight excluding hydrogens is 406 g/mol. The predicted molar refractivity (Wildman–Crippen MR) is 122 cm³/mol. The zero-order valence-electron chi connectivity index (χ0n) is 18.7. The van der Waals surface area contributed by atoms with Crippen LogP contribution in [0.4, 0.5) is 10.6 Å². The Kier molecular flexibility index (Phi) is 4.95. The van der Waals surface area contributed by atoms with Crippen LogP contribution in [-0.4, -0.2) is 34.2 Å². The standard InChI is InChI=1S/C24H29N5O3/c1-24(2,3)19-12-20(29-32-19)28-23(31)26-14-9-10-18-17(11-14)15-5-4-6-16(21(15)27-18)22(30)25-13-7-8-13/h4-6,12-14,27H,7-11H2,1-3H3,(H,25,30)(H2,26,28,29,31). The first-order valence-electron chi connectivity index (χ1n) is 11.3. The molecule has 0 spiro atoms. The molecule has 0 radical (unpaired) electrons. The van der Waals surface area contributed by atoms with E-state index in [-0.39, 0.29) is 23.4 Å². The number of aryl methyl sites for hydroxylation is 1. The number of aromatic nitrogens is 2. The Hall–Kier alpha value is -3.29. The first-order valence-corrected chi connectivity index (χ1v) is 11.3. The molecule has 1 unspecified atom stereocenters. The SMILES string of the molecule is CC(C)(C)c1cc(NC(=O)NC2CCc3[nH]c4c(C(=O)NC5CC5)cccc4c3C2)no1. The number of hydrogen-bond donors (Lipinski definition) is 4. The number of carbonyl (C=O) groups excluding carboxylic acids is 2. The van der Waals surface area contributed by atoms with Crippen molar-refractivity contribution < 1.29 is 14.1 Å². The molecule has 32 heavy (non-hydrogen) atoms. The van der Waals surface area contributed by atoms with Crippen molar-refractivity contribution in [3.63, 3.8) is 0 Å². The van der Waals surface area contributed by atoms with Crippen LogP contribution in [0, 0.1) is 0 Å². The highest BCUT2D eigenvalue weighted by Crippen LogP contribution is 2.32. The van der Waals surface area contributed by atoms with E-state index in [9.17, 15) is 9.59 Å². The van der Waals surface area contributed by atoms with E-state index in [0.717, 1.165) is 48.0 Å². The van der Waals surface area contributed by atoms with Gasteiger partial charge in [-0.25, -0.2) is 4.79 Å². The fourth-order valence-electron chi connectivity index (χ4n) is 4.27. The molecule has 4 N–H and O–H groups in total. The number of carbonyl (C=O) groups is 2. The van der Waals surface area contributed by atoms with E-state index in [4.69, 9.17) is 4.52 Å². The lowest BCUT2D eigenvalue weighted by molar-refractivity contribution is 0.0952. The summed E-state index contributed by atoms with van der Waals surface area (Å²) in [6.45, 7) is 6.08. The van der Waals surface area contributed by atoms with Crippen LogP contribution in [0.15, 0.2) is 28.8 Å². The molecule has 8 nitrogen and oxygen atoms in total. The zero-order valence-corrected chi connectivity index (χ0v) is 18.7. The first kappa shape index (κ1) is 20.6. The summed E-state index contributed by atoms with van der Waals surface area (Å²) >= 11 is 0. The molecule has 2 heterocycles. The molecule has 3 amide bonds. The van der Waals surface area contributed by atoms with Crippen LogP contribution in [0.2, 0.25) is 0 Å². The highest BCUT2D eigenvalue weighted by atomic mass is 16.5. The topological polar surface area (TPSA) is 112 Å². The van der Waals surface area contributed by atoms with Gasteiger partial charge in [0.05, 0.1) is 11.1 Å². The van der Waals surface area contributed by atoms with Crippen LogP contribution in [0.25, 0.3) is 10.9 Å². The number of para-hydroxylation sites is 1. The van der Waals surface area contributed by atoms with Gasteiger partial charge in [-0.2, -0.15) is 0 Å². The maximum Gasteiger partial charge on any atom is 0.320 e. The second-order valence-corrected chi connectivity index (χ2v) is 9.92. The van der Waals surface area contributed by atoms with E-state index in [1.165, 1.54) is 5.56 Å². The quantitative estimate of drug-likeness (QED) is 0.496. The lowest BCUT2D eigenvalue weighted by Gasteiger charge is -2.23. The second kappa shape index (κ2) is 7.69. The average molecular weight is 436 g/mol. The lowest BCUT2D eigenvalue weighted by atomic mass is 9.91. The Morgan fingerprint density at radius 3 is 2.66 bits per heavy atom. The van der Waals surface area contributed by atoms with E-state index >= 15 is 0 Å². The van der Waals surface area contributed by atoms with Crippen molar-refractivity contribution in [2.45, 2.75) is 70.4 Å². The molecule has 1 fully saturated rings. The number of fused-ring (bicyclic) bond motifs is 3. The van der Waals surface area contributed by atoms with Gasteiger partial charge in [0.15, 0.2) is 5.82 Å². The maximum atomic E-state index is 12.7. The molecule has 2 aliphatic rings. The molecule has 168 valence electrons. The van der Waals surface area contributed by atoms with Crippen molar-refractivity contribution in [3.8, 4) is 0 Å². The third-order valence-electron chi connectivity index (χ3n) is 6.21. The summed E-state index contributed by atoms with van der Waals surface area (Å²) in [5, 5.41) is 13.9. The van der Waals surface area contributed by atoms with Crippen LogP contribution in [0.3, 0.4) is 0 Å². The lowest BCUT2D eigenvalue weighted by Crippen LogP contribution is -2.41. The Morgan fingerprint density at radius 1 is 1.12 bits per heavy atom. The first-order chi connectivity index (χ1) is 15.3. The van der Waals surface area contributed by atoms with Crippen molar-refractivity contribution in [1.29, 1.82) is 0 Å². The van der Waals surface area contributed by atoms with Crippen LogP contribution in [-0.2, 0) is 18.3 Å². The van der Waals surface area contributed by atoms with E-state index in [0.29, 0.717) is 23.8 Å². The van der Waals surface area contributed by atoms with Crippen molar-refractivity contribution in [3.05, 3.63) is 46.8 Å². The number of nitrogens with zero attached hydrogens (tertiary/aromatic N) is 1. The maximum absolute atomic E-state index is 12.7. The zero-order chi connectivity index (χ0) is 22.5. The molecule has 3 aromatic rings. The summed E-state index contributed by atoms with van der Waals surface area (Å²) < 4.78 is 5.33. The number of aromatic amines is 1. The summed E-state index contributed by atoms with van der Waals surface area (Å²) in [7, 11) is 0. The molecule has 8 heteroatoms. The van der Waals surface area contributed by atoms with Gasteiger partial charge in [0, 0.05) is 34.6 Å². The summed E-state index contributed by atoms with van der Waals surface area (Å²) in [5.74, 6) is 1.10. The van der Waals surface area contributed by atoms with Crippen molar-refractivity contribution in [1.82, 2.24) is 20.8 Å². The van der Waals surface area contributed by atoms with E-state index in [1.807, 2.05) is 39.0 Å². The average Bonchev–Trinajstić information content (AvgIpc) is 3.28. The van der Waals surface area contributed by atoms with Crippen molar-refractivity contribution >= 4 is 28.7 Å². The smallest absolute Gasteiger partial charge is 0.320 e. The van der Waals surface area contributed by atoms with Crippen LogP contribution in [0.5, 0.6) is 0 Å². The van der Waals surface area contributed by atoms with Crippen molar-refractivity contribution in [2.24, 2.45) is 0 Å². The second-order valence-electron chi connectivity index (χ2n) is 9.92. The monoisotopic (exact) mass is 435 g/mol. The number of urea groups is 1. The van der Waals surface area contributed by atoms with Gasteiger partial charge in [-0.3, -0.25) is 10.1 Å². The molecule has 5 rings (SSSR count). The van der Waals surface area contributed by atoms with Gasteiger partial charge in [0.2, 0.25) is 0 Å². The van der Waals surface area contributed by atoms with Gasteiger partial charge >= 0.3 is 6.03 Å². The van der Waals surface area contributed by atoms with Gasteiger partial charge in [0.1, 0.15) is 5.76 Å².